The average molecular weight is 414 g/mol. The first kappa shape index (κ1) is 20.0. The summed E-state index contributed by atoms with van der Waals surface area (Å²) in [6.07, 6.45) is 2.68. The number of hydrogen-bond donors (Lipinski definition) is 0. The molecule has 2 aromatic heterocycles. The third-order valence-electron chi connectivity index (χ3n) is 5.18. The van der Waals surface area contributed by atoms with Crippen molar-refractivity contribution in [3.05, 3.63) is 41.2 Å². The number of aromatic nitrogens is 3. The smallest absolute Gasteiger partial charge is 0.280 e. The van der Waals surface area contributed by atoms with E-state index in [9.17, 15) is 4.79 Å². The van der Waals surface area contributed by atoms with Gasteiger partial charge in [-0.25, -0.2) is 4.98 Å². The fourth-order valence-electron chi connectivity index (χ4n) is 3.71. The van der Waals surface area contributed by atoms with Crippen molar-refractivity contribution in [1.82, 2.24) is 19.7 Å². The van der Waals surface area contributed by atoms with Crippen LogP contribution in [0.25, 0.3) is 10.2 Å². The molecule has 0 N–H and O–H groups in total. The second kappa shape index (κ2) is 8.61. The van der Waals surface area contributed by atoms with Gasteiger partial charge >= 0.3 is 0 Å². The molecule has 0 saturated carbocycles. The molecule has 1 aromatic carbocycles. The third-order valence-corrected chi connectivity index (χ3v) is 6.41. The summed E-state index contributed by atoms with van der Waals surface area (Å²) in [5, 5.41) is 5.06. The molecule has 1 fully saturated rings. The van der Waals surface area contributed by atoms with Crippen LogP contribution in [0.3, 0.4) is 0 Å². The number of anilines is 1. The Kier molecular flexibility index (Phi) is 5.94. The minimum atomic E-state index is -0.0963. The molecule has 8 heteroatoms. The van der Waals surface area contributed by atoms with Crippen LogP contribution in [0.2, 0.25) is 0 Å². The summed E-state index contributed by atoms with van der Waals surface area (Å²) in [5.74, 6) is -0.0963. The first-order valence-electron chi connectivity index (χ1n) is 10.0. The normalized spacial score (nSPS) is 15.1. The Balaban J connectivity index is 1.58. The van der Waals surface area contributed by atoms with Crippen molar-refractivity contribution in [2.45, 2.75) is 20.3 Å². The third kappa shape index (κ3) is 4.49. The topological polar surface area (TPSA) is 63.5 Å². The van der Waals surface area contributed by atoms with E-state index >= 15 is 0 Å². The first-order valence-corrected chi connectivity index (χ1v) is 10.8. The zero-order chi connectivity index (χ0) is 20.4. The molecule has 0 unspecified atom stereocenters. The SMILES string of the molecule is Cc1cc(C)c2sc(N(CCCN3CCOCC3)C(=O)c3ccn(C)n3)nc2c1. The van der Waals surface area contributed by atoms with E-state index < -0.39 is 0 Å². The molecule has 3 aromatic rings. The highest BCUT2D eigenvalue weighted by atomic mass is 32.1. The van der Waals surface area contributed by atoms with Crippen LogP contribution < -0.4 is 4.90 Å². The van der Waals surface area contributed by atoms with Crippen LogP contribution in [0.15, 0.2) is 24.4 Å². The largest absolute Gasteiger partial charge is 0.379 e. The van der Waals surface area contributed by atoms with Crippen LogP contribution in [0.4, 0.5) is 5.13 Å². The van der Waals surface area contributed by atoms with Crippen LogP contribution in [0.1, 0.15) is 28.0 Å². The number of carbonyl (C=O) groups is 1. The van der Waals surface area contributed by atoms with Gasteiger partial charge in [0, 0.05) is 39.4 Å². The highest BCUT2D eigenvalue weighted by molar-refractivity contribution is 7.22. The Morgan fingerprint density at radius 1 is 1.28 bits per heavy atom. The molecule has 0 aliphatic carbocycles. The van der Waals surface area contributed by atoms with Crippen LogP contribution in [-0.4, -0.2) is 65.0 Å². The number of hydrogen-bond acceptors (Lipinski definition) is 6. The minimum absolute atomic E-state index is 0.0963. The molecule has 29 heavy (non-hydrogen) atoms. The summed E-state index contributed by atoms with van der Waals surface area (Å²) >= 11 is 1.58. The van der Waals surface area contributed by atoms with Gasteiger partial charge in [-0.05, 0) is 43.5 Å². The zero-order valence-corrected chi connectivity index (χ0v) is 18.0. The zero-order valence-electron chi connectivity index (χ0n) is 17.2. The molecule has 3 heterocycles. The van der Waals surface area contributed by atoms with E-state index in [0.717, 1.165) is 54.6 Å². The number of amides is 1. The first-order chi connectivity index (χ1) is 14.0. The Labute approximate surface area is 174 Å². The monoisotopic (exact) mass is 413 g/mol. The van der Waals surface area contributed by atoms with Crippen molar-refractivity contribution in [3.63, 3.8) is 0 Å². The Morgan fingerprint density at radius 3 is 2.79 bits per heavy atom. The molecule has 0 atom stereocenters. The van der Waals surface area contributed by atoms with Crippen LogP contribution in [0.5, 0.6) is 0 Å². The van der Waals surface area contributed by atoms with Gasteiger partial charge in [0.05, 0.1) is 23.4 Å². The van der Waals surface area contributed by atoms with E-state index in [1.54, 1.807) is 33.2 Å². The molecular weight excluding hydrogens is 386 g/mol. The van der Waals surface area contributed by atoms with Crippen molar-refractivity contribution < 1.29 is 9.53 Å². The standard InChI is InChI=1S/C21H27N5O2S/c1-15-13-16(2)19-18(14-15)22-21(29-19)26(20(27)17-5-8-24(3)23-17)7-4-6-25-9-11-28-12-10-25/h5,8,13-14H,4,6-7,9-12H2,1-3H3. The highest BCUT2D eigenvalue weighted by Crippen LogP contribution is 2.32. The van der Waals surface area contributed by atoms with Gasteiger partial charge in [0.15, 0.2) is 10.8 Å². The lowest BCUT2D eigenvalue weighted by atomic mass is 10.1. The number of thiazole rings is 1. The number of benzene rings is 1. The van der Waals surface area contributed by atoms with Crippen LogP contribution in [0, 0.1) is 13.8 Å². The maximum Gasteiger partial charge on any atom is 0.280 e. The number of ether oxygens (including phenoxy) is 1. The van der Waals surface area contributed by atoms with E-state index in [0.29, 0.717) is 12.2 Å². The number of rotatable bonds is 6. The maximum absolute atomic E-state index is 13.3. The maximum atomic E-state index is 13.3. The minimum Gasteiger partial charge on any atom is -0.379 e. The van der Waals surface area contributed by atoms with Gasteiger partial charge in [-0.1, -0.05) is 17.4 Å². The lowest BCUT2D eigenvalue weighted by molar-refractivity contribution is 0.0376. The van der Waals surface area contributed by atoms with Crippen LogP contribution in [-0.2, 0) is 11.8 Å². The number of carbonyl (C=O) groups excluding carboxylic acids is 1. The van der Waals surface area contributed by atoms with Crippen LogP contribution >= 0.6 is 11.3 Å². The predicted molar refractivity (Wildman–Crippen MR) is 116 cm³/mol. The fraction of sp³-hybridized carbons (Fsp3) is 0.476. The molecule has 0 bridgehead atoms. The molecule has 0 spiro atoms. The van der Waals surface area contributed by atoms with Gasteiger partial charge in [-0.2, -0.15) is 5.10 Å². The Bertz CT molecular complexity index is 1010. The van der Waals surface area contributed by atoms with E-state index in [1.165, 1.54) is 11.1 Å². The second-order valence-electron chi connectivity index (χ2n) is 7.57. The van der Waals surface area contributed by atoms with E-state index in [4.69, 9.17) is 9.72 Å². The number of morpholine rings is 1. The summed E-state index contributed by atoms with van der Waals surface area (Å²) in [5.41, 5.74) is 3.78. The summed E-state index contributed by atoms with van der Waals surface area (Å²) < 4.78 is 8.22. The average Bonchev–Trinajstić information content (AvgIpc) is 3.32. The van der Waals surface area contributed by atoms with Gasteiger partial charge < -0.3 is 4.74 Å². The molecule has 154 valence electrons. The lowest BCUT2D eigenvalue weighted by Crippen LogP contribution is -2.39. The number of aryl methyl sites for hydroxylation is 3. The number of nitrogens with zero attached hydrogens (tertiary/aromatic N) is 5. The van der Waals surface area contributed by atoms with Gasteiger partial charge in [-0.15, -0.1) is 0 Å². The van der Waals surface area contributed by atoms with E-state index in [1.807, 2.05) is 7.05 Å². The lowest BCUT2D eigenvalue weighted by Gasteiger charge is -2.27. The van der Waals surface area contributed by atoms with E-state index in [2.05, 4.69) is 36.0 Å². The molecule has 4 rings (SSSR count). The second-order valence-corrected chi connectivity index (χ2v) is 8.54. The van der Waals surface area contributed by atoms with Crippen molar-refractivity contribution in [1.29, 1.82) is 0 Å². The molecular formula is C21H27N5O2S. The summed E-state index contributed by atoms with van der Waals surface area (Å²) in [4.78, 5) is 22.2. The Morgan fingerprint density at radius 2 is 2.07 bits per heavy atom. The van der Waals surface area contributed by atoms with E-state index in [-0.39, 0.29) is 5.91 Å². The van der Waals surface area contributed by atoms with Crippen molar-refractivity contribution in [3.8, 4) is 0 Å². The molecule has 1 aliphatic heterocycles. The van der Waals surface area contributed by atoms with Crippen molar-refractivity contribution >= 4 is 32.6 Å². The molecule has 7 nitrogen and oxygen atoms in total. The summed E-state index contributed by atoms with van der Waals surface area (Å²) in [7, 11) is 1.82. The predicted octanol–water partition coefficient (Wildman–Crippen LogP) is 3.02. The van der Waals surface area contributed by atoms with Gasteiger partial charge in [-0.3, -0.25) is 19.3 Å². The summed E-state index contributed by atoms with van der Waals surface area (Å²) in [6, 6.07) is 6.01. The molecule has 1 amide bonds. The van der Waals surface area contributed by atoms with Gasteiger partial charge in [0.25, 0.3) is 5.91 Å². The van der Waals surface area contributed by atoms with Crippen molar-refractivity contribution in [2.75, 3.05) is 44.3 Å². The quantitative estimate of drug-likeness (QED) is 0.622. The van der Waals surface area contributed by atoms with Gasteiger partial charge in [0.1, 0.15) is 0 Å². The number of fused-ring (bicyclic) bond motifs is 1. The molecule has 0 radical (unpaired) electrons. The molecule has 1 saturated heterocycles. The Hall–Kier alpha value is -2.29. The highest BCUT2D eigenvalue weighted by Gasteiger charge is 2.24. The fourth-order valence-corrected chi connectivity index (χ4v) is 4.75. The van der Waals surface area contributed by atoms with Gasteiger partial charge in [0.2, 0.25) is 0 Å². The summed E-state index contributed by atoms with van der Waals surface area (Å²) in [6.45, 7) is 9.20. The molecule has 1 aliphatic rings. The van der Waals surface area contributed by atoms with Crippen molar-refractivity contribution in [2.24, 2.45) is 7.05 Å².